The summed E-state index contributed by atoms with van der Waals surface area (Å²) < 4.78 is 37.7. The van der Waals surface area contributed by atoms with Crippen LogP contribution >= 0.6 is 0 Å². The molecule has 0 unspecified atom stereocenters. The second kappa shape index (κ2) is 27.9. The SMILES string of the molecule is CC(=O)N(C)C.CC(=O)NCC(F)(F)F.CCNC(=O)c1ccncc1.COC(C)=O.Cc1ccccn1.Cc1cccnc1. The van der Waals surface area contributed by atoms with Crippen molar-refractivity contribution in [3.05, 3.63) is 90.3 Å². The van der Waals surface area contributed by atoms with Crippen molar-refractivity contribution < 1.29 is 37.1 Å². The Morgan fingerprint density at radius 3 is 1.64 bits per heavy atom. The molecule has 0 saturated carbocycles. The van der Waals surface area contributed by atoms with Crippen LogP contribution in [0.4, 0.5) is 13.2 Å². The lowest BCUT2D eigenvalue weighted by Crippen LogP contribution is -2.31. The fourth-order valence-corrected chi connectivity index (χ4v) is 1.89. The van der Waals surface area contributed by atoms with Crippen LogP contribution in [0, 0.1) is 13.8 Å². The zero-order valence-electron chi connectivity index (χ0n) is 27.3. The van der Waals surface area contributed by atoms with Gasteiger partial charge >= 0.3 is 12.1 Å². The summed E-state index contributed by atoms with van der Waals surface area (Å²) in [5, 5.41) is 4.32. The van der Waals surface area contributed by atoms with Gasteiger partial charge < -0.3 is 20.3 Å². The van der Waals surface area contributed by atoms with Gasteiger partial charge in [-0.2, -0.15) is 13.2 Å². The van der Waals surface area contributed by atoms with Crippen molar-refractivity contribution in [3.8, 4) is 0 Å². The van der Waals surface area contributed by atoms with Crippen LogP contribution in [0.15, 0.2) is 73.4 Å². The first-order valence-electron chi connectivity index (χ1n) is 13.4. The van der Waals surface area contributed by atoms with Crippen molar-refractivity contribution in [2.45, 2.75) is 47.7 Å². The Morgan fingerprint density at radius 2 is 1.40 bits per heavy atom. The van der Waals surface area contributed by atoms with Gasteiger partial charge in [-0.05, 0) is 56.7 Å². The Morgan fingerprint density at radius 1 is 0.844 bits per heavy atom. The third kappa shape index (κ3) is 37.1. The normalized spacial score (nSPS) is 8.98. The van der Waals surface area contributed by atoms with Crippen molar-refractivity contribution in [2.75, 3.05) is 34.3 Å². The monoisotopic (exact) mass is 638 g/mol. The van der Waals surface area contributed by atoms with Crippen LogP contribution in [0.1, 0.15) is 49.3 Å². The van der Waals surface area contributed by atoms with E-state index in [1.54, 1.807) is 56.3 Å². The van der Waals surface area contributed by atoms with Gasteiger partial charge in [0, 0.05) is 83.7 Å². The van der Waals surface area contributed by atoms with Crippen LogP contribution in [-0.4, -0.2) is 84.0 Å². The predicted octanol–water partition coefficient (Wildman–Crippen LogP) is 4.57. The number of methoxy groups -OCH3 is 1. The summed E-state index contributed by atoms with van der Waals surface area (Å²) in [4.78, 5) is 53.8. The van der Waals surface area contributed by atoms with Crippen molar-refractivity contribution in [1.29, 1.82) is 0 Å². The first kappa shape index (κ1) is 44.6. The van der Waals surface area contributed by atoms with Crippen molar-refractivity contribution in [3.63, 3.8) is 0 Å². The molecular formula is C31H45F3N6O5. The molecule has 3 aromatic heterocycles. The van der Waals surface area contributed by atoms with E-state index < -0.39 is 18.6 Å². The summed E-state index contributed by atoms with van der Waals surface area (Å²) in [6.45, 7) is 9.21. The highest BCUT2D eigenvalue weighted by Gasteiger charge is 2.26. The van der Waals surface area contributed by atoms with Gasteiger partial charge in [-0.25, -0.2) is 0 Å². The number of nitrogens with zero attached hydrogens (tertiary/aromatic N) is 4. The molecule has 11 nitrogen and oxygen atoms in total. The lowest BCUT2D eigenvalue weighted by Gasteiger charge is -2.04. The molecule has 0 radical (unpaired) electrons. The average Bonchev–Trinajstić information content (AvgIpc) is 2.99. The lowest BCUT2D eigenvalue weighted by molar-refractivity contribution is -0.138. The smallest absolute Gasteiger partial charge is 0.405 e. The van der Waals surface area contributed by atoms with Gasteiger partial charge in [0.1, 0.15) is 6.54 Å². The molecule has 3 rings (SSSR count). The number of hydrogen-bond donors (Lipinski definition) is 2. The number of pyridine rings is 3. The summed E-state index contributed by atoms with van der Waals surface area (Å²) in [5.41, 5.74) is 2.94. The maximum absolute atomic E-state index is 11.2. The Bertz CT molecular complexity index is 1150. The van der Waals surface area contributed by atoms with Gasteiger partial charge in [-0.3, -0.25) is 34.1 Å². The van der Waals surface area contributed by atoms with E-state index in [0.29, 0.717) is 12.1 Å². The van der Waals surface area contributed by atoms with Gasteiger partial charge in [-0.15, -0.1) is 0 Å². The molecule has 14 heteroatoms. The van der Waals surface area contributed by atoms with Crippen LogP contribution in [0.5, 0.6) is 0 Å². The van der Waals surface area contributed by atoms with Gasteiger partial charge in [0.15, 0.2) is 0 Å². The fraction of sp³-hybridized carbons (Fsp3) is 0.387. The largest absolute Gasteiger partial charge is 0.469 e. The molecule has 0 aliphatic rings. The zero-order valence-corrected chi connectivity index (χ0v) is 27.3. The number of amides is 3. The molecule has 0 aromatic carbocycles. The average molecular weight is 639 g/mol. The molecule has 0 atom stereocenters. The van der Waals surface area contributed by atoms with Crippen molar-refractivity contribution in [1.82, 2.24) is 30.5 Å². The van der Waals surface area contributed by atoms with Gasteiger partial charge in [0.25, 0.3) is 5.91 Å². The van der Waals surface area contributed by atoms with Gasteiger partial charge in [0.2, 0.25) is 11.8 Å². The van der Waals surface area contributed by atoms with Gasteiger partial charge in [-0.1, -0.05) is 12.1 Å². The van der Waals surface area contributed by atoms with E-state index in [2.05, 4.69) is 25.0 Å². The molecule has 0 aliphatic carbocycles. The standard InChI is InChI=1S/C8H10N2O.2C6H7N.C4H6F3NO.C4H9NO.C3H6O2/c1-2-10-8(11)7-3-5-9-6-4-7;1-6-3-2-4-7-5-6;1-6-4-2-3-5-7-6;1-3(9)8-2-4(5,6)7;1-4(6)5(2)3;1-3(4)5-2/h3-6H,2H2,1H3,(H,10,11);2*2-5H,1H3;2H2,1H3,(H,8,9);1-3H3;1-2H3. The summed E-state index contributed by atoms with van der Waals surface area (Å²) in [5.74, 6) is -0.873. The first-order chi connectivity index (χ1) is 21.0. The minimum absolute atomic E-state index is 0.0464. The molecule has 0 spiro atoms. The third-order valence-electron chi connectivity index (χ3n) is 4.36. The minimum atomic E-state index is -4.30. The minimum Gasteiger partial charge on any atom is -0.469 e. The van der Waals surface area contributed by atoms with Crippen LogP contribution < -0.4 is 10.6 Å². The van der Waals surface area contributed by atoms with E-state index in [0.717, 1.165) is 12.6 Å². The van der Waals surface area contributed by atoms with E-state index >= 15 is 0 Å². The van der Waals surface area contributed by atoms with Crippen LogP contribution in [0.3, 0.4) is 0 Å². The zero-order chi connectivity index (χ0) is 35.3. The number of carbonyl (C=O) groups excluding carboxylic acids is 4. The summed E-state index contributed by atoms with van der Waals surface area (Å²) >= 11 is 0. The molecule has 0 aliphatic heterocycles. The quantitative estimate of drug-likeness (QED) is 0.397. The molecule has 3 heterocycles. The number of esters is 1. The lowest BCUT2D eigenvalue weighted by atomic mass is 10.2. The molecule has 3 amide bonds. The number of carbonyl (C=O) groups is 4. The summed E-state index contributed by atoms with van der Waals surface area (Å²) in [6, 6.07) is 13.2. The predicted molar refractivity (Wildman–Crippen MR) is 167 cm³/mol. The maximum atomic E-state index is 11.2. The molecule has 45 heavy (non-hydrogen) atoms. The third-order valence-corrected chi connectivity index (χ3v) is 4.36. The van der Waals surface area contributed by atoms with E-state index in [1.807, 2.05) is 57.3 Å². The summed E-state index contributed by atoms with van der Waals surface area (Å²) in [6.07, 6.45) is 4.29. The van der Waals surface area contributed by atoms with E-state index in [1.165, 1.54) is 31.4 Å². The number of ether oxygens (including phenoxy) is 1. The highest BCUT2D eigenvalue weighted by Crippen LogP contribution is 2.11. The fourth-order valence-electron chi connectivity index (χ4n) is 1.89. The number of halogens is 3. The van der Waals surface area contributed by atoms with Crippen LogP contribution in [-0.2, 0) is 19.1 Å². The topological polar surface area (TPSA) is 143 Å². The Labute approximate surface area is 263 Å². The van der Waals surface area contributed by atoms with Gasteiger partial charge in [0.05, 0.1) is 7.11 Å². The van der Waals surface area contributed by atoms with E-state index in [4.69, 9.17) is 0 Å². The Balaban J connectivity index is -0.000000480. The molecule has 0 fully saturated rings. The van der Waals surface area contributed by atoms with Crippen LogP contribution in [0.25, 0.3) is 0 Å². The number of hydrogen-bond acceptors (Lipinski definition) is 8. The number of nitrogens with one attached hydrogen (secondary N) is 2. The molecule has 3 aromatic rings. The number of rotatable bonds is 3. The van der Waals surface area contributed by atoms with Crippen LogP contribution in [0.2, 0.25) is 0 Å². The number of aryl methyl sites for hydroxylation is 2. The van der Waals surface area contributed by atoms with E-state index in [-0.39, 0.29) is 17.8 Å². The van der Waals surface area contributed by atoms with E-state index in [9.17, 15) is 32.3 Å². The Kier molecular flexibility index (Phi) is 27.7. The second-order valence-corrected chi connectivity index (χ2v) is 8.73. The second-order valence-electron chi connectivity index (χ2n) is 8.73. The molecule has 0 bridgehead atoms. The molecule has 2 N–H and O–H groups in total. The van der Waals surface area contributed by atoms with Crippen molar-refractivity contribution in [2.24, 2.45) is 0 Å². The Hall–Kier alpha value is -4.88. The highest BCUT2D eigenvalue weighted by molar-refractivity contribution is 5.93. The highest BCUT2D eigenvalue weighted by atomic mass is 19.4. The molecular weight excluding hydrogens is 593 g/mol. The number of alkyl halides is 3. The maximum Gasteiger partial charge on any atom is 0.405 e. The first-order valence-corrected chi connectivity index (χ1v) is 13.4. The number of aromatic nitrogens is 3. The molecule has 0 saturated heterocycles. The molecule has 250 valence electrons. The summed E-state index contributed by atoms with van der Waals surface area (Å²) in [7, 11) is 4.80. The van der Waals surface area contributed by atoms with Crippen molar-refractivity contribution >= 4 is 23.7 Å².